The number of phenols is 1. The SMILES string of the molecule is CCN(CCCNCc1ccc(O)cc1)C(=O)OC(C)(C)C. The lowest BCUT2D eigenvalue weighted by Gasteiger charge is -2.26. The second-order valence-corrected chi connectivity index (χ2v) is 6.26. The van der Waals surface area contributed by atoms with Crippen molar-refractivity contribution in [2.45, 2.75) is 46.3 Å². The molecule has 1 aromatic rings. The van der Waals surface area contributed by atoms with E-state index in [1.807, 2.05) is 39.8 Å². The Morgan fingerprint density at radius 1 is 1.27 bits per heavy atom. The highest BCUT2D eigenvalue weighted by Crippen LogP contribution is 2.10. The Kier molecular flexibility index (Phi) is 7.18. The van der Waals surface area contributed by atoms with Gasteiger partial charge in [-0.15, -0.1) is 0 Å². The largest absolute Gasteiger partial charge is 0.508 e. The molecule has 0 aliphatic rings. The van der Waals surface area contributed by atoms with Crippen molar-refractivity contribution in [3.05, 3.63) is 29.8 Å². The number of carbonyl (C=O) groups excluding carboxylic acids is 1. The van der Waals surface area contributed by atoms with Gasteiger partial charge in [-0.1, -0.05) is 12.1 Å². The summed E-state index contributed by atoms with van der Waals surface area (Å²) in [6.45, 7) is 10.5. The Bertz CT molecular complexity index is 452. The molecule has 2 N–H and O–H groups in total. The quantitative estimate of drug-likeness (QED) is 0.760. The molecule has 0 fully saturated rings. The van der Waals surface area contributed by atoms with Crippen LogP contribution in [0, 0.1) is 0 Å². The van der Waals surface area contributed by atoms with Crippen LogP contribution in [0.2, 0.25) is 0 Å². The number of nitrogens with zero attached hydrogens (tertiary/aromatic N) is 1. The number of amides is 1. The molecule has 5 heteroatoms. The van der Waals surface area contributed by atoms with Gasteiger partial charge in [-0.25, -0.2) is 4.79 Å². The topological polar surface area (TPSA) is 61.8 Å². The number of aromatic hydroxyl groups is 1. The number of hydrogen-bond donors (Lipinski definition) is 2. The first-order valence-corrected chi connectivity index (χ1v) is 7.78. The van der Waals surface area contributed by atoms with Crippen LogP contribution in [0.1, 0.15) is 39.7 Å². The van der Waals surface area contributed by atoms with Gasteiger partial charge in [0.05, 0.1) is 0 Å². The van der Waals surface area contributed by atoms with Crippen LogP contribution in [0.25, 0.3) is 0 Å². The molecule has 0 unspecified atom stereocenters. The maximum absolute atomic E-state index is 12.0. The van der Waals surface area contributed by atoms with Crippen molar-refractivity contribution in [2.24, 2.45) is 0 Å². The summed E-state index contributed by atoms with van der Waals surface area (Å²) >= 11 is 0. The third kappa shape index (κ3) is 7.31. The van der Waals surface area contributed by atoms with Crippen molar-refractivity contribution in [1.82, 2.24) is 10.2 Å². The summed E-state index contributed by atoms with van der Waals surface area (Å²) in [6.07, 6.45) is 0.610. The lowest BCUT2D eigenvalue weighted by atomic mass is 10.2. The number of phenolic OH excluding ortho intramolecular Hbond substituents is 1. The molecular formula is C17H28N2O3. The van der Waals surface area contributed by atoms with Crippen molar-refractivity contribution in [1.29, 1.82) is 0 Å². The van der Waals surface area contributed by atoms with Crippen molar-refractivity contribution in [3.8, 4) is 5.75 Å². The third-order valence-electron chi connectivity index (χ3n) is 3.08. The van der Waals surface area contributed by atoms with Gasteiger partial charge in [-0.2, -0.15) is 0 Å². The normalized spacial score (nSPS) is 11.3. The van der Waals surface area contributed by atoms with Crippen LogP contribution in [0.5, 0.6) is 5.75 Å². The van der Waals surface area contributed by atoms with E-state index in [4.69, 9.17) is 4.74 Å². The minimum atomic E-state index is -0.457. The molecule has 0 bridgehead atoms. The van der Waals surface area contributed by atoms with Crippen LogP contribution in [0.4, 0.5) is 4.79 Å². The molecule has 0 aliphatic carbocycles. The molecule has 22 heavy (non-hydrogen) atoms. The minimum absolute atomic E-state index is 0.256. The lowest BCUT2D eigenvalue weighted by Crippen LogP contribution is -2.38. The van der Waals surface area contributed by atoms with Gasteiger partial charge in [0.15, 0.2) is 0 Å². The van der Waals surface area contributed by atoms with E-state index >= 15 is 0 Å². The maximum Gasteiger partial charge on any atom is 0.410 e. The molecule has 1 amide bonds. The van der Waals surface area contributed by atoms with E-state index in [1.165, 1.54) is 0 Å². The molecule has 0 atom stereocenters. The van der Waals surface area contributed by atoms with Gasteiger partial charge < -0.3 is 20.1 Å². The highest BCUT2D eigenvalue weighted by Gasteiger charge is 2.20. The van der Waals surface area contributed by atoms with E-state index in [0.29, 0.717) is 13.1 Å². The fourth-order valence-electron chi connectivity index (χ4n) is 1.95. The molecule has 0 aromatic heterocycles. The number of hydrogen-bond acceptors (Lipinski definition) is 4. The number of rotatable bonds is 7. The summed E-state index contributed by atoms with van der Waals surface area (Å²) in [6, 6.07) is 7.14. The van der Waals surface area contributed by atoms with Crippen LogP contribution in [-0.2, 0) is 11.3 Å². The summed E-state index contributed by atoms with van der Waals surface area (Å²) in [5, 5.41) is 12.5. The van der Waals surface area contributed by atoms with E-state index in [1.54, 1.807) is 17.0 Å². The maximum atomic E-state index is 12.0. The van der Waals surface area contributed by atoms with E-state index < -0.39 is 5.60 Å². The Morgan fingerprint density at radius 2 is 1.91 bits per heavy atom. The van der Waals surface area contributed by atoms with Gasteiger partial charge >= 0.3 is 6.09 Å². The number of nitrogens with one attached hydrogen (secondary N) is 1. The van der Waals surface area contributed by atoms with Crippen molar-refractivity contribution < 1.29 is 14.6 Å². The molecule has 0 heterocycles. The number of carbonyl (C=O) groups is 1. The van der Waals surface area contributed by atoms with Gasteiger partial charge in [0.1, 0.15) is 11.4 Å². The molecule has 0 aliphatic heterocycles. The van der Waals surface area contributed by atoms with Gasteiger partial charge in [0, 0.05) is 19.6 Å². The van der Waals surface area contributed by atoms with E-state index in [-0.39, 0.29) is 11.8 Å². The second kappa shape index (κ2) is 8.63. The van der Waals surface area contributed by atoms with Gasteiger partial charge in [0.25, 0.3) is 0 Å². The van der Waals surface area contributed by atoms with Crippen molar-refractivity contribution in [3.63, 3.8) is 0 Å². The fourth-order valence-corrected chi connectivity index (χ4v) is 1.95. The summed E-state index contributed by atoms with van der Waals surface area (Å²) in [4.78, 5) is 13.7. The van der Waals surface area contributed by atoms with Gasteiger partial charge in [-0.05, 0) is 58.4 Å². The summed E-state index contributed by atoms with van der Waals surface area (Å²) in [5.74, 6) is 0.277. The summed E-state index contributed by atoms with van der Waals surface area (Å²) in [7, 11) is 0. The van der Waals surface area contributed by atoms with Gasteiger partial charge in [-0.3, -0.25) is 0 Å². The van der Waals surface area contributed by atoms with Gasteiger partial charge in [0.2, 0.25) is 0 Å². The zero-order chi connectivity index (χ0) is 16.6. The van der Waals surface area contributed by atoms with E-state index in [9.17, 15) is 9.90 Å². The van der Waals surface area contributed by atoms with E-state index in [0.717, 1.165) is 25.1 Å². The summed E-state index contributed by atoms with van der Waals surface area (Å²) in [5.41, 5.74) is 0.666. The van der Waals surface area contributed by atoms with Crippen LogP contribution in [0.3, 0.4) is 0 Å². The first kappa shape index (κ1) is 18.3. The van der Waals surface area contributed by atoms with Crippen molar-refractivity contribution in [2.75, 3.05) is 19.6 Å². The molecule has 0 spiro atoms. The minimum Gasteiger partial charge on any atom is -0.508 e. The molecule has 1 rings (SSSR count). The average Bonchev–Trinajstić information content (AvgIpc) is 2.42. The number of benzene rings is 1. The molecule has 0 radical (unpaired) electrons. The zero-order valence-electron chi connectivity index (χ0n) is 14.1. The van der Waals surface area contributed by atoms with E-state index in [2.05, 4.69) is 5.32 Å². The molecule has 0 saturated carbocycles. The Hall–Kier alpha value is -1.75. The lowest BCUT2D eigenvalue weighted by molar-refractivity contribution is 0.0258. The Balaban J connectivity index is 2.24. The van der Waals surface area contributed by atoms with Crippen LogP contribution in [-0.4, -0.2) is 41.3 Å². The highest BCUT2D eigenvalue weighted by molar-refractivity contribution is 5.68. The van der Waals surface area contributed by atoms with Crippen LogP contribution < -0.4 is 5.32 Å². The monoisotopic (exact) mass is 308 g/mol. The zero-order valence-corrected chi connectivity index (χ0v) is 14.1. The third-order valence-corrected chi connectivity index (χ3v) is 3.08. The predicted molar refractivity (Wildman–Crippen MR) is 87.9 cm³/mol. The average molecular weight is 308 g/mol. The molecule has 1 aromatic carbocycles. The van der Waals surface area contributed by atoms with Crippen molar-refractivity contribution >= 4 is 6.09 Å². The first-order valence-electron chi connectivity index (χ1n) is 7.78. The molecule has 0 saturated heterocycles. The number of ether oxygens (including phenoxy) is 1. The summed E-state index contributed by atoms with van der Waals surface area (Å²) < 4.78 is 5.37. The highest BCUT2D eigenvalue weighted by atomic mass is 16.6. The molecular weight excluding hydrogens is 280 g/mol. The standard InChI is InChI=1S/C17H28N2O3/c1-5-19(16(21)22-17(2,3)4)12-6-11-18-13-14-7-9-15(20)10-8-14/h7-10,18,20H,5-6,11-13H2,1-4H3. The molecule has 5 nitrogen and oxygen atoms in total. The van der Waals surface area contributed by atoms with Crippen LogP contribution in [0.15, 0.2) is 24.3 Å². The second-order valence-electron chi connectivity index (χ2n) is 6.26. The Morgan fingerprint density at radius 3 is 2.45 bits per heavy atom. The smallest absolute Gasteiger partial charge is 0.410 e. The fraction of sp³-hybridized carbons (Fsp3) is 0.588. The Labute approximate surface area is 133 Å². The first-order chi connectivity index (χ1) is 10.3. The van der Waals surface area contributed by atoms with Crippen LogP contribution >= 0.6 is 0 Å². The molecule has 124 valence electrons. The predicted octanol–water partition coefficient (Wildman–Crippen LogP) is 3.13.